The number of methoxy groups -OCH3 is 1. The third-order valence-corrected chi connectivity index (χ3v) is 2.93. The van der Waals surface area contributed by atoms with Crippen molar-refractivity contribution in [3.63, 3.8) is 0 Å². The van der Waals surface area contributed by atoms with Crippen molar-refractivity contribution in [2.24, 2.45) is 5.92 Å². The van der Waals surface area contributed by atoms with Gasteiger partial charge in [-0.1, -0.05) is 13.8 Å². The predicted octanol–water partition coefficient (Wildman–Crippen LogP) is 0.869. The highest BCUT2D eigenvalue weighted by molar-refractivity contribution is 5.77. The molecule has 0 atom stereocenters. The lowest BCUT2D eigenvalue weighted by atomic mass is 10.0. The predicted molar refractivity (Wildman–Crippen MR) is 64.3 cm³/mol. The molecule has 1 rings (SSSR count). The summed E-state index contributed by atoms with van der Waals surface area (Å²) in [5.41, 5.74) is 0. The standard InChI is InChI=1S/C12H24N2O2/c1-10(2)8-13-11-4-6-14(7-5-11)12(15)9-16-3/h10-11,13H,4-9H2,1-3H3. The first-order valence-electron chi connectivity index (χ1n) is 6.13. The molecule has 1 heterocycles. The number of amides is 1. The Morgan fingerprint density at radius 2 is 2.06 bits per heavy atom. The number of hydrogen-bond donors (Lipinski definition) is 1. The van der Waals surface area contributed by atoms with Crippen molar-refractivity contribution in [2.75, 3.05) is 33.4 Å². The van der Waals surface area contributed by atoms with Crippen LogP contribution in [0.4, 0.5) is 0 Å². The van der Waals surface area contributed by atoms with Crippen LogP contribution in [-0.4, -0.2) is 50.2 Å². The average Bonchev–Trinajstić information content (AvgIpc) is 2.27. The van der Waals surface area contributed by atoms with Crippen LogP contribution in [0.5, 0.6) is 0 Å². The topological polar surface area (TPSA) is 41.6 Å². The molecule has 1 amide bonds. The summed E-state index contributed by atoms with van der Waals surface area (Å²) in [7, 11) is 1.56. The van der Waals surface area contributed by atoms with Crippen LogP contribution in [0.2, 0.25) is 0 Å². The number of hydrogen-bond acceptors (Lipinski definition) is 3. The van der Waals surface area contributed by atoms with Crippen LogP contribution < -0.4 is 5.32 Å². The zero-order valence-electron chi connectivity index (χ0n) is 10.7. The number of carbonyl (C=O) groups excluding carboxylic acids is 1. The van der Waals surface area contributed by atoms with Gasteiger partial charge in [0, 0.05) is 26.2 Å². The van der Waals surface area contributed by atoms with E-state index in [1.807, 2.05) is 4.90 Å². The van der Waals surface area contributed by atoms with E-state index in [0.717, 1.165) is 32.5 Å². The zero-order chi connectivity index (χ0) is 12.0. The molecule has 1 fully saturated rings. The fourth-order valence-corrected chi connectivity index (χ4v) is 1.95. The lowest BCUT2D eigenvalue weighted by Gasteiger charge is -2.32. The normalized spacial score (nSPS) is 18.1. The molecule has 1 aliphatic rings. The Balaban J connectivity index is 2.20. The Labute approximate surface area is 98.3 Å². The number of likely N-dealkylation sites (tertiary alicyclic amines) is 1. The van der Waals surface area contributed by atoms with Crippen molar-refractivity contribution >= 4 is 5.91 Å². The SMILES string of the molecule is COCC(=O)N1CCC(NCC(C)C)CC1. The zero-order valence-corrected chi connectivity index (χ0v) is 10.7. The Kier molecular flexibility index (Phi) is 5.77. The number of carbonyl (C=O) groups is 1. The number of nitrogens with one attached hydrogen (secondary N) is 1. The molecule has 1 aliphatic heterocycles. The fourth-order valence-electron chi connectivity index (χ4n) is 1.95. The molecule has 0 bridgehead atoms. The minimum atomic E-state index is 0.116. The van der Waals surface area contributed by atoms with Crippen LogP contribution in [0.1, 0.15) is 26.7 Å². The molecular weight excluding hydrogens is 204 g/mol. The van der Waals surface area contributed by atoms with Gasteiger partial charge in [-0.3, -0.25) is 4.79 Å². The summed E-state index contributed by atoms with van der Waals surface area (Å²) in [6, 6.07) is 0.578. The maximum Gasteiger partial charge on any atom is 0.248 e. The van der Waals surface area contributed by atoms with E-state index in [1.54, 1.807) is 7.11 Å². The van der Waals surface area contributed by atoms with Gasteiger partial charge >= 0.3 is 0 Å². The van der Waals surface area contributed by atoms with Crippen molar-refractivity contribution in [1.82, 2.24) is 10.2 Å². The van der Waals surface area contributed by atoms with E-state index >= 15 is 0 Å². The first kappa shape index (κ1) is 13.5. The van der Waals surface area contributed by atoms with Gasteiger partial charge in [0.05, 0.1) is 0 Å². The number of ether oxygens (including phenoxy) is 1. The van der Waals surface area contributed by atoms with E-state index in [1.165, 1.54) is 0 Å². The Hall–Kier alpha value is -0.610. The molecule has 0 aliphatic carbocycles. The number of nitrogens with zero attached hydrogens (tertiary/aromatic N) is 1. The molecule has 0 saturated carbocycles. The van der Waals surface area contributed by atoms with Gasteiger partial charge in [0.15, 0.2) is 0 Å². The van der Waals surface area contributed by atoms with Crippen molar-refractivity contribution in [3.8, 4) is 0 Å². The van der Waals surface area contributed by atoms with E-state index < -0.39 is 0 Å². The van der Waals surface area contributed by atoms with Gasteiger partial charge < -0.3 is 15.0 Å². The average molecular weight is 228 g/mol. The molecule has 4 heteroatoms. The molecule has 16 heavy (non-hydrogen) atoms. The van der Waals surface area contributed by atoms with Crippen molar-refractivity contribution in [3.05, 3.63) is 0 Å². The molecule has 1 N–H and O–H groups in total. The third-order valence-electron chi connectivity index (χ3n) is 2.93. The monoisotopic (exact) mass is 228 g/mol. The Morgan fingerprint density at radius 1 is 1.44 bits per heavy atom. The maximum absolute atomic E-state index is 11.6. The molecular formula is C12H24N2O2. The van der Waals surface area contributed by atoms with Crippen LogP contribution in [0.3, 0.4) is 0 Å². The summed E-state index contributed by atoms with van der Waals surface area (Å²) in [6.07, 6.45) is 2.12. The number of piperidine rings is 1. The van der Waals surface area contributed by atoms with Gasteiger partial charge in [-0.25, -0.2) is 0 Å². The maximum atomic E-state index is 11.6. The molecule has 0 spiro atoms. The van der Waals surface area contributed by atoms with Gasteiger partial charge in [0.1, 0.15) is 6.61 Å². The second-order valence-corrected chi connectivity index (χ2v) is 4.89. The van der Waals surface area contributed by atoms with Gasteiger partial charge in [-0.2, -0.15) is 0 Å². The summed E-state index contributed by atoms with van der Waals surface area (Å²) >= 11 is 0. The second-order valence-electron chi connectivity index (χ2n) is 4.89. The highest BCUT2D eigenvalue weighted by Gasteiger charge is 2.22. The summed E-state index contributed by atoms with van der Waals surface area (Å²) in [4.78, 5) is 13.5. The first-order valence-corrected chi connectivity index (χ1v) is 6.13. The smallest absolute Gasteiger partial charge is 0.248 e. The molecule has 0 radical (unpaired) electrons. The lowest BCUT2D eigenvalue weighted by molar-refractivity contribution is -0.136. The first-order chi connectivity index (χ1) is 7.63. The van der Waals surface area contributed by atoms with E-state index in [2.05, 4.69) is 19.2 Å². The van der Waals surface area contributed by atoms with Crippen molar-refractivity contribution in [1.29, 1.82) is 0 Å². The second kappa shape index (κ2) is 6.86. The molecule has 0 aromatic heterocycles. The molecule has 4 nitrogen and oxygen atoms in total. The third kappa shape index (κ3) is 4.49. The van der Waals surface area contributed by atoms with Gasteiger partial charge in [-0.05, 0) is 25.3 Å². The quantitative estimate of drug-likeness (QED) is 0.759. The largest absolute Gasteiger partial charge is 0.375 e. The minimum Gasteiger partial charge on any atom is -0.375 e. The van der Waals surface area contributed by atoms with Crippen molar-refractivity contribution in [2.45, 2.75) is 32.7 Å². The van der Waals surface area contributed by atoms with Crippen LogP contribution in [0, 0.1) is 5.92 Å². The molecule has 1 saturated heterocycles. The molecule has 0 unspecified atom stereocenters. The van der Waals surface area contributed by atoms with Gasteiger partial charge in [0.2, 0.25) is 5.91 Å². The highest BCUT2D eigenvalue weighted by atomic mass is 16.5. The summed E-state index contributed by atoms with van der Waals surface area (Å²) < 4.78 is 4.86. The molecule has 0 aromatic rings. The highest BCUT2D eigenvalue weighted by Crippen LogP contribution is 2.10. The lowest BCUT2D eigenvalue weighted by Crippen LogP contribution is -2.46. The summed E-state index contributed by atoms with van der Waals surface area (Å²) in [5.74, 6) is 0.804. The summed E-state index contributed by atoms with van der Waals surface area (Å²) in [5, 5.41) is 3.54. The Morgan fingerprint density at radius 3 is 2.56 bits per heavy atom. The molecule has 94 valence electrons. The van der Waals surface area contributed by atoms with E-state index in [-0.39, 0.29) is 12.5 Å². The minimum absolute atomic E-state index is 0.116. The summed E-state index contributed by atoms with van der Waals surface area (Å²) in [6.45, 7) is 7.42. The number of rotatable bonds is 5. The van der Waals surface area contributed by atoms with Crippen LogP contribution in [-0.2, 0) is 9.53 Å². The van der Waals surface area contributed by atoms with Crippen LogP contribution in [0.15, 0.2) is 0 Å². The van der Waals surface area contributed by atoms with Crippen LogP contribution in [0.25, 0.3) is 0 Å². The van der Waals surface area contributed by atoms with Gasteiger partial charge in [-0.15, -0.1) is 0 Å². The van der Waals surface area contributed by atoms with Crippen molar-refractivity contribution < 1.29 is 9.53 Å². The Bertz CT molecular complexity index is 211. The molecule has 0 aromatic carbocycles. The van der Waals surface area contributed by atoms with Gasteiger partial charge in [0.25, 0.3) is 0 Å². The van der Waals surface area contributed by atoms with Crippen LogP contribution >= 0.6 is 0 Å². The van der Waals surface area contributed by atoms with E-state index in [9.17, 15) is 4.79 Å². The van der Waals surface area contributed by atoms with E-state index in [0.29, 0.717) is 12.0 Å². The fraction of sp³-hybridized carbons (Fsp3) is 0.917. The van der Waals surface area contributed by atoms with E-state index in [4.69, 9.17) is 4.74 Å².